The van der Waals surface area contributed by atoms with Crippen LogP contribution in [0.5, 0.6) is 0 Å². The second-order valence-corrected chi connectivity index (χ2v) is 9.21. The van der Waals surface area contributed by atoms with Crippen LogP contribution in [0.2, 0.25) is 4.34 Å². The molecule has 1 N–H and O–H groups in total. The first-order valence-corrected chi connectivity index (χ1v) is 9.49. The predicted octanol–water partition coefficient (Wildman–Crippen LogP) is 2.77. The van der Waals surface area contributed by atoms with Crippen LogP contribution < -0.4 is 4.72 Å². The smallest absolute Gasteiger partial charge is 0.251 e. The minimum atomic E-state index is -3.71. The Labute approximate surface area is 139 Å². The van der Waals surface area contributed by atoms with Gasteiger partial charge in [0.2, 0.25) is 5.96 Å². The number of nitrogens with one attached hydrogen (secondary N) is 1. The maximum Gasteiger partial charge on any atom is 0.273 e. The molecule has 2 rings (SSSR count). The Morgan fingerprint density at radius 3 is 2.68 bits per heavy atom. The highest BCUT2D eigenvalue weighted by molar-refractivity contribution is 7.92. The van der Waals surface area contributed by atoms with E-state index in [0.29, 0.717) is 17.4 Å². The lowest BCUT2D eigenvalue weighted by molar-refractivity contribution is 0.377. The van der Waals surface area contributed by atoms with Gasteiger partial charge in [0, 0.05) is 17.7 Å². The number of guanidine groups is 1. The van der Waals surface area contributed by atoms with E-state index in [1.807, 2.05) is 13.8 Å². The summed E-state index contributed by atoms with van der Waals surface area (Å²) in [6.45, 7) is 8.91. The van der Waals surface area contributed by atoms with E-state index in [0.717, 1.165) is 17.0 Å². The van der Waals surface area contributed by atoms with Crippen LogP contribution in [0.4, 0.5) is 0 Å². The van der Waals surface area contributed by atoms with E-state index < -0.39 is 10.0 Å². The molecule has 6 nitrogen and oxygen atoms in total. The van der Waals surface area contributed by atoms with Crippen LogP contribution in [0, 0.1) is 5.41 Å². The summed E-state index contributed by atoms with van der Waals surface area (Å²) in [5.74, 6) is 0.233. The molecule has 22 heavy (non-hydrogen) atoms. The maximum atomic E-state index is 12.4. The molecule has 0 spiro atoms. The number of hydrazone groups is 1. The predicted molar refractivity (Wildman–Crippen MR) is 91.2 cm³/mol. The van der Waals surface area contributed by atoms with Gasteiger partial charge in [0.1, 0.15) is 4.21 Å². The molecule has 0 radical (unpaired) electrons. The van der Waals surface area contributed by atoms with Crippen molar-refractivity contribution in [3.63, 3.8) is 0 Å². The first kappa shape index (κ1) is 17.2. The summed E-state index contributed by atoms with van der Waals surface area (Å²) >= 11 is 6.81. The minimum absolute atomic E-state index is 0.119. The number of hydrogen-bond donors (Lipinski definition) is 1. The van der Waals surface area contributed by atoms with Crippen LogP contribution in [0.3, 0.4) is 0 Å². The molecule has 2 heterocycles. The largest absolute Gasteiger partial charge is 0.273 e. The molecular weight excluding hydrogens is 344 g/mol. The fourth-order valence-corrected chi connectivity index (χ4v) is 4.40. The molecule has 122 valence electrons. The second-order valence-electron chi connectivity index (χ2n) is 5.59. The Bertz CT molecular complexity index is 722. The van der Waals surface area contributed by atoms with Gasteiger partial charge < -0.3 is 0 Å². The maximum absolute atomic E-state index is 12.4. The van der Waals surface area contributed by atoms with Gasteiger partial charge in [-0.15, -0.1) is 11.3 Å². The molecule has 0 bridgehead atoms. The van der Waals surface area contributed by atoms with Gasteiger partial charge >= 0.3 is 0 Å². The summed E-state index contributed by atoms with van der Waals surface area (Å²) in [6.07, 6.45) is 0. The van der Waals surface area contributed by atoms with Crippen LogP contribution in [0.15, 0.2) is 26.4 Å². The van der Waals surface area contributed by atoms with Gasteiger partial charge in [-0.3, -0.25) is 4.99 Å². The Morgan fingerprint density at radius 1 is 1.55 bits per heavy atom. The van der Waals surface area contributed by atoms with E-state index in [1.165, 1.54) is 6.07 Å². The zero-order valence-electron chi connectivity index (χ0n) is 12.9. The highest BCUT2D eigenvalue weighted by Gasteiger charge is 2.34. The van der Waals surface area contributed by atoms with Crippen LogP contribution in [-0.4, -0.2) is 38.2 Å². The topological polar surface area (TPSA) is 74.1 Å². The molecule has 1 aromatic rings. The zero-order valence-corrected chi connectivity index (χ0v) is 15.3. The standard InChI is InChI=1S/C13H19ClN4O2S2/c1-5-15-12(18-8-13(3,4)9(2)16-18)17-22(19,20)11-7-6-10(14)21-11/h6-7H,5,8H2,1-4H3,(H,15,17). The third-order valence-electron chi connectivity index (χ3n) is 3.39. The van der Waals surface area contributed by atoms with Gasteiger partial charge in [-0.2, -0.15) is 5.10 Å². The van der Waals surface area contributed by atoms with Crippen molar-refractivity contribution in [1.82, 2.24) is 9.73 Å². The lowest BCUT2D eigenvalue weighted by Gasteiger charge is -2.22. The molecule has 1 aliphatic heterocycles. The third kappa shape index (κ3) is 3.61. The highest BCUT2D eigenvalue weighted by atomic mass is 35.5. The van der Waals surface area contributed by atoms with Gasteiger partial charge in [-0.25, -0.2) is 18.1 Å². The van der Waals surface area contributed by atoms with Crippen LogP contribution in [0.25, 0.3) is 0 Å². The van der Waals surface area contributed by atoms with Crippen LogP contribution in [-0.2, 0) is 10.0 Å². The molecule has 0 unspecified atom stereocenters. The highest BCUT2D eigenvalue weighted by Crippen LogP contribution is 2.28. The van der Waals surface area contributed by atoms with Crippen molar-refractivity contribution in [3.05, 3.63) is 16.5 Å². The number of thiophene rings is 1. The van der Waals surface area contributed by atoms with E-state index in [1.54, 1.807) is 11.1 Å². The van der Waals surface area contributed by atoms with Crippen molar-refractivity contribution < 1.29 is 8.42 Å². The average molecular weight is 363 g/mol. The normalized spacial score (nSPS) is 18.5. The fourth-order valence-electron chi connectivity index (χ4n) is 1.89. The minimum Gasteiger partial charge on any atom is -0.251 e. The fraction of sp³-hybridized carbons (Fsp3) is 0.538. The summed E-state index contributed by atoms with van der Waals surface area (Å²) in [7, 11) is -3.71. The molecule has 0 saturated carbocycles. The number of aliphatic imine (C=N–C) groups is 1. The van der Waals surface area contributed by atoms with Crippen molar-refractivity contribution in [3.8, 4) is 0 Å². The summed E-state index contributed by atoms with van der Waals surface area (Å²) in [5, 5.41) is 6.02. The van der Waals surface area contributed by atoms with Crippen molar-refractivity contribution >= 4 is 44.6 Å². The zero-order chi connectivity index (χ0) is 16.5. The SMILES string of the molecule is CCN=C(NS(=O)(=O)c1ccc(Cl)s1)N1CC(C)(C)C(C)=N1. The van der Waals surface area contributed by atoms with Crippen molar-refractivity contribution in [2.24, 2.45) is 15.5 Å². The molecule has 1 aromatic heterocycles. The lowest BCUT2D eigenvalue weighted by atomic mass is 9.89. The quantitative estimate of drug-likeness (QED) is 0.663. The van der Waals surface area contributed by atoms with E-state index in [2.05, 4.69) is 28.7 Å². The van der Waals surface area contributed by atoms with E-state index in [4.69, 9.17) is 11.6 Å². The van der Waals surface area contributed by atoms with Crippen molar-refractivity contribution in [1.29, 1.82) is 0 Å². The van der Waals surface area contributed by atoms with E-state index in [-0.39, 0.29) is 15.6 Å². The van der Waals surface area contributed by atoms with E-state index in [9.17, 15) is 8.42 Å². The first-order valence-electron chi connectivity index (χ1n) is 6.81. The molecular formula is C13H19ClN4O2S2. The van der Waals surface area contributed by atoms with Crippen LogP contribution >= 0.6 is 22.9 Å². The summed E-state index contributed by atoms with van der Waals surface area (Å²) < 4.78 is 27.9. The number of halogens is 1. The van der Waals surface area contributed by atoms with Crippen LogP contribution in [0.1, 0.15) is 27.7 Å². The Kier molecular flexibility index (Phi) is 4.84. The van der Waals surface area contributed by atoms with E-state index >= 15 is 0 Å². The molecule has 0 atom stereocenters. The Hall–Kier alpha value is -1.12. The lowest BCUT2D eigenvalue weighted by Crippen LogP contribution is -2.42. The third-order valence-corrected chi connectivity index (χ3v) is 6.44. The Balaban J connectivity index is 2.26. The van der Waals surface area contributed by atoms with Crippen molar-refractivity contribution in [2.75, 3.05) is 13.1 Å². The van der Waals surface area contributed by atoms with Gasteiger partial charge in [-0.1, -0.05) is 25.4 Å². The molecule has 9 heteroatoms. The molecule has 0 saturated heterocycles. The van der Waals surface area contributed by atoms with Gasteiger partial charge in [0.15, 0.2) is 0 Å². The second kappa shape index (κ2) is 6.17. The number of sulfonamides is 1. The number of rotatable bonds is 3. The monoisotopic (exact) mass is 362 g/mol. The average Bonchev–Trinajstić information content (AvgIpc) is 2.94. The number of nitrogens with zero attached hydrogens (tertiary/aromatic N) is 3. The van der Waals surface area contributed by atoms with Gasteiger partial charge in [0.05, 0.1) is 10.9 Å². The Morgan fingerprint density at radius 2 is 2.23 bits per heavy atom. The summed E-state index contributed by atoms with van der Waals surface area (Å²) in [4.78, 5) is 4.24. The molecule has 0 fully saturated rings. The van der Waals surface area contributed by atoms with Crippen molar-refractivity contribution in [2.45, 2.75) is 31.9 Å². The summed E-state index contributed by atoms with van der Waals surface area (Å²) in [5.41, 5.74) is 0.821. The molecule has 0 aromatic carbocycles. The first-order chi connectivity index (χ1) is 10.2. The molecule has 0 aliphatic carbocycles. The molecule has 1 aliphatic rings. The molecule has 0 amide bonds. The van der Waals surface area contributed by atoms with Gasteiger partial charge in [0.25, 0.3) is 10.0 Å². The van der Waals surface area contributed by atoms with Gasteiger partial charge in [-0.05, 0) is 26.0 Å². The number of hydrogen-bond acceptors (Lipinski definition) is 5. The summed E-state index contributed by atoms with van der Waals surface area (Å²) in [6, 6.07) is 3.03.